The molecule has 96 valence electrons. The van der Waals surface area contributed by atoms with E-state index in [1.165, 1.54) is 5.56 Å². The molecule has 0 aliphatic carbocycles. The quantitative estimate of drug-likeness (QED) is 0.826. The van der Waals surface area contributed by atoms with Crippen LogP contribution in [0.4, 0.5) is 0 Å². The highest BCUT2D eigenvalue weighted by Crippen LogP contribution is 2.30. The van der Waals surface area contributed by atoms with Crippen LogP contribution in [-0.4, -0.2) is 25.3 Å². The number of rotatable bonds is 5. The number of ether oxygens (including phenoxy) is 1. The minimum Gasteiger partial charge on any atom is -0.496 e. The molecule has 3 heteroatoms. The predicted molar refractivity (Wildman–Crippen MR) is 70.6 cm³/mol. The van der Waals surface area contributed by atoms with Crippen LogP contribution < -0.4 is 10.1 Å². The molecular formula is C14H23NO2. The Morgan fingerprint density at radius 1 is 1.24 bits per heavy atom. The van der Waals surface area contributed by atoms with Gasteiger partial charge in [-0.2, -0.15) is 0 Å². The van der Waals surface area contributed by atoms with E-state index in [-0.39, 0.29) is 6.04 Å². The summed E-state index contributed by atoms with van der Waals surface area (Å²) in [5.41, 5.74) is 2.06. The van der Waals surface area contributed by atoms with Gasteiger partial charge in [0.2, 0.25) is 0 Å². The summed E-state index contributed by atoms with van der Waals surface area (Å²) in [5, 5.41) is 13.3. The van der Waals surface area contributed by atoms with Crippen molar-refractivity contribution in [1.82, 2.24) is 5.32 Å². The van der Waals surface area contributed by atoms with Crippen molar-refractivity contribution in [3.05, 3.63) is 29.3 Å². The van der Waals surface area contributed by atoms with Crippen molar-refractivity contribution >= 4 is 0 Å². The summed E-state index contributed by atoms with van der Waals surface area (Å²) in [6, 6.07) is 5.99. The Bertz CT molecular complexity index is 363. The fraction of sp³-hybridized carbons (Fsp3) is 0.571. The van der Waals surface area contributed by atoms with Crippen molar-refractivity contribution in [2.24, 2.45) is 0 Å². The number of benzene rings is 1. The molecule has 0 bridgehead atoms. The van der Waals surface area contributed by atoms with E-state index in [0.29, 0.717) is 5.92 Å². The van der Waals surface area contributed by atoms with E-state index in [2.05, 4.69) is 19.2 Å². The summed E-state index contributed by atoms with van der Waals surface area (Å²) < 4.78 is 5.31. The van der Waals surface area contributed by atoms with E-state index in [0.717, 1.165) is 11.3 Å². The van der Waals surface area contributed by atoms with Crippen molar-refractivity contribution in [3.8, 4) is 5.75 Å². The molecule has 0 spiro atoms. The van der Waals surface area contributed by atoms with Crippen LogP contribution in [0.25, 0.3) is 0 Å². The summed E-state index contributed by atoms with van der Waals surface area (Å²) in [5.74, 6) is 1.18. The molecule has 1 aromatic rings. The second kappa shape index (κ2) is 6.03. The first-order valence-electron chi connectivity index (χ1n) is 6.04. The Labute approximate surface area is 104 Å². The van der Waals surface area contributed by atoms with Crippen LogP contribution in [-0.2, 0) is 0 Å². The van der Waals surface area contributed by atoms with Crippen molar-refractivity contribution < 1.29 is 9.84 Å². The zero-order chi connectivity index (χ0) is 13.0. The summed E-state index contributed by atoms with van der Waals surface area (Å²) in [6.07, 6.45) is -0.561. The van der Waals surface area contributed by atoms with E-state index in [4.69, 9.17) is 4.74 Å². The molecule has 0 saturated carbocycles. The highest BCUT2D eigenvalue weighted by Gasteiger charge is 2.19. The van der Waals surface area contributed by atoms with Crippen LogP contribution >= 0.6 is 0 Å². The average molecular weight is 237 g/mol. The summed E-state index contributed by atoms with van der Waals surface area (Å²) >= 11 is 0. The maximum atomic E-state index is 10.3. The number of hydrogen-bond acceptors (Lipinski definition) is 3. The molecule has 3 nitrogen and oxygen atoms in total. The first-order valence-corrected chi connectivity index (χ1v) is 6.04. The number of aliphatic hydroxyl groups is 1. The molecule has 0 amide bonds. The van der Waals surface area contributed by atoms with Gasteiger partial charge in [-0.05, 0) is 37.6 Å². The van der Waals surface area contributed by atoms with E-state index < -0.39 is 6.10 Å². The van der Waals surface area contributed by atoms with Crippen LogP contribution in [0.2, 0.25) is 0 Å². The molecule has 0 saturated heterocycles. The molecule has 1 rings (SSSR count). The molecule has 0 fully saturated rings. The Morgan fingerprint density at radius 3 is 2.35 bits per heavy atom. The van der Waals surface area contributed by atoms with Crippen molar-refractivity contribution in [2.75, 3.05) is 14.2 Å². The maximum Gasteiger partial charge on any atom is 0.124 e. The van der Waals surface area contributed by atoms with Crippen LogP contribution in [0.15, 0.2) is 18.2 Å². The number of aliphatic hydroxyl groups excluding tert-OH is 1. The monoisotopic (exact) mass is 237 g/mol. The molecule has 0 radical (unpaired) electrons. The number of methoxy groups -OCH3 is 1. The Morgan fingerprint density at radius 2 is 1.88 bits per heavy atom. The van der Waals surface area contributed by atoms with Gasteiger partial charge < -0.3 is 15.2 Å². The molecule has 17 heavy (non-hydrogen) atoms. The molecule has 0 aromatic heterocycles. The van der Waals surface area contributed by atoms with E-state index >= 15 is 0 Å². The fourth-order valence-electron chi connectivity index (χ4n) is 1.77. The van der Waals surface area contributed by atoms with Gasteiger partial charge in [0.05, 0.1) is 13.2 Å². The highest BCUT2D eigenvalue weighted by atomic mass is 16.5. The summed E-state index contributed by atoms with van der Waals surface area (Å²) in [4.78, 5) is 0. The van der Waals surface area contributed by atoms with Crippen LogP contribution in [0, 0.1) is 0 Å². The van der Waals surface area contributed by atoms with Crippen LogP contribution in [0.5, 0.6) is 5.75 Å². The third-order valence-electron chi connectivity index (χ3n) is 3.17. The molecule has 2 unspecified atom stereocenters. The molecular weight excluding hydrogens is 214 g/mol. The van der Waals surface area contributed by atoms with Crippen LogP contribution in [0.1, 0.15) is 43.9 Å². The Hall–Kier alpha value is -1.06. The van der Waals surface area contributed by atoms with Gasteiger partial charge in [-0.1, -0.05) is 19.9 Å². The van der Waals surface area contributed by atoms with Crippen molar-refractivity contribution in [1.29, 1.82) is 0 Å². The van der Waals surface area contributed by atoms with Gasteiger partial charge in [-0.25, -0.2) is 0 Å². The van der Waals surface area contributed by atoms with E-state index in [1.807, 2.05) is 32.2 Å². The average Bonchev–Trinajstić information content (AvgIpc) is 2.35. The van der Waals surface area contributed by atoms with Crippen molar-refractivity contribution in [3.63, 3.8) is 0 Å². The predicted octanol–water partition coefficient (Wildman–Crippen LogP) is 2.46. The number of hydrogen-bond donors (Lipinski definition) is 2. The molecule has 0 aliphatic rings. The Balaban J connectivity index is 3.13. The van der Waals surface area contributed by atoms with Gasteiger partial charge in [0, 0.05) is 11.6 Å². The topological polar surface area (TPSA) is 41.5 Å². The second-order valence-electron chi connectivity index (χ2n) is 4.68. The molecule has 2 atom stereocenters. The Kier molecular flexibility index (Phi) is 4.97. The summed E-state index contributed by atoms with van der Waals surface area (Å²) in [7, 11) is 3.47. The molecule has 2 N–H and O–H groups in total. The zero-order valence-corrected chi connectivity index (χ0v) is 11.3. The lowest BCUT2D eigenvalue weighted by atomic mass is 9.95. The second-order valence-corrected chi connectivity index (χ2v) is 4.68. The molecule has 0 aliphatic heterocycles. The minimum atomic E-state index is -0.561. The number of nitrogens with one attached hydrogen (secondary N) is 1. The largest absolute Gasteiger partial charge is 0.496 e. The van der Waals surface area contributed by atoms with Gasteiger partial charge in [0.1, 0.15) is 5.75 Å². The normalized spacial score (nSPS) is 14.8. The minimum absolute atomic E-state index is 0.00804. The lowest BCUT2D eigenvalue weighted by Gasteiger charge is -2.22. The first kappa shape index (κ1) is 14.0. The zero-order valence-electron chi connectivity index (χ0n) is 11.3. The fourth-order valence-corrected chi connectivity index (χ4v) is 1.77. The third-order valence-corrected chi connectivity index (χ3v) is 3.17. The van der Waals surface area contributed by atoms with E-state index in [1.54, 1.807) is 7.11 Å². The summed E-state index contributed by atoms with van der Waals surface area (Å²) in [6.45, 7) is 6.23. The van der Waals surface area contributed by atoms with Crippen molar-refractivity contribution in [2.45, 2.75) is 38.8 Å². The van der Waals surface area contributed by atoms with Gasteiger partial charge in [0.25, 0.3) is 0 Å². The van der Waals surface area contributed by atoms with Gasteiger partial charge in [0.15, 0.2) is 0 Å². The SMILES string of the molecule is CNC(C)C(O)c1cc(C(C)C)ccc1OC. The lowest BCUT2D eigenvalue weighted by molar-refractivity contribution is 0.136. The van der Waals surface area contributed by atoms with Gasteiger partial charge in [-0.3, -0.25) is 0 Å². The molecule has 1 aromatic carbocycles. The molecule has 0 heterocycles. The standard InChI is InChI=1S/C14H23NO2/c1-9(2)11-6-7-13(17-5)12(8-11)14(16)10(3)15-4/h6-10,14-16H,1-5H3. The highest BCUT2D eigenvalue weighted by molar-refractivity contribution is 5.40. The maximum absolute atomic E-state index is 10.3. The van der Waals surface area contributed by atoms with Gasteiger partial charge in [-0.15, -0.1) is 0 Å². The lowest BCUT2D eigenvalue weighted by Crippen LogP contribution is -2.29. The number of likely N-dealkylation sites (N-methyl/N-ethyl adjacent to an activating group) is 1. The van der Waals surface area contributed by atoms with Crippen LogP contribution in [0.3, 0.4) is 0 Å². The first-order chi connectivity index (χ1) is 8.01. The van der Waals surface area contributed by atoms with Gasteiger partial charge >= 0.3 is 0 Å². The third kappa shape index (κ3) is 3.20. The van der Waals surface area contributed by atoms with E-state index in [9.17, 15) is 5.11 Å². The smallest absolute Gasteiger partial charge is 0.124 e.